The molecular weight excluding hydrogens is 226 g/mol. The van der Waals surface area contributed by atoms with Gasteiger partial charge in [0, 0.05) is 12.1 Å². The highest BCUT2D eigenvalue weighted by atomic mass is 16.5. The molecule has 0 aromatic rings. The van der Waals surface area contributed by atoms with E-state index in [1.807, 2.05) is 0 Å². The fourth-order valence-electron chi connectivity index (χ4n) is 3.96. The van der Waals surface area contributed by atoms with Crippen LogP contribution in [0.2, 0.25) is 0 Å². The fraction of sp³-hybridized carbons (Fsp3) is 0.933. The minimum Gasteiger partial charge on any atom is -0.374 e. The Bertz CT molecular complexity index is 362. The van der Waals surface area contributed by atoms with Crippen LogP contribution in [0.1, 0.15) is 51.9 Å². The molecule has 4 atom stereocenters. The Hall–Kier alpha value is -0.570. The van der Waals surface area contributed by atoms with Gasteiger partial charge in [-0.3, -0.25) is 4.79 Å². The van der Waals surface area contributed by atoms with E-state index in [2.05, 4.69) is 11.8 Å². The van der Waals surface area contributed by atoms with Gasteiger partial charge in [-0.2, -0.15) is 0 Å². The molecule has 0 radical (unpaired) electrons. The summed E-state index contributed by atoms with van der Waals surface area (Å²) >= 11 is 0. The number of hydrogen-bond donors (Lipinski definition) is 0. The van der Waals surface area contributed by atoms with Gasteiger partial charge in [-0.15, -0.1) is 0 Å². The maximum absolute atomic E-state index is 12.8. The van der Waals surface area contributed by atoms with E-state index in [0.717, 1.165) is 18.8 Å². The molecule has 0 N–H and O–H groups in total. The third-order valence-corrected chi connectivity index (χ3v) is 5.36. The third kappa shape index (κ3) is 1.78. The summed E-state index contributed by atoms with van der Waals surface area (Å²) in [6.45, 7) is 2.27. The van der Waals surface area contributed by atoms with E-state index < -0.39 is 0 Å². The first-order valence-corrected chi connectivity index (χ1v) is 7.71. The lowest BCUT2D eigenvalue weighted by Crippen LogP contribution is -2.46. The molecule has 18 heavy (non-hydrogen) atoms. The summed E-state index contributed by atoms with van der Waals surface area (Å²) in [5, 5.41) is 0. The van der Waals surface area contributed by atoms with E-state index >= 15 is 0 Å². The van der Waals surface area contributed by atoms with Crippen LogP contribution in [0.15, 0.2) is 0 Å². The van der Waals surface area contributed by atoms with Gasteiger partial charge >= 0.3 is 0 Å². The summed E-state index contributed by atoms with van der Waals surface area (Å²) in [6.07, 6.45) is 9.01. The van der Waals surface area contributed by atoms with E-state index in [0.29, 0.717) is 24.1 Å². The fourth-order valence-corrected chi connectivity index (χ4v) is 3.96. The molecule has 2 saturated carbocycles. The van der Waals surface area contributed by atoms with E-state index in [9.17, 15) is 4.79 Å². The topological polar surface area (TPSA) is 29.5 Å². The molecule has 2 aliphatic heterocycles. The zero-order valence-electron chi connectivity index (χ0n) is 11.2. The molecule has 2 heterocycles. The summed E-state index contributed by atoms with van der Waals surface area (Å²) in [5.74, 6) is 1.39. The molecule has 0 spiro atoms. The van der Waals surface area contributed by atoms with Crippen molar-refractivity contribution in [3.05, 3.63) is 0 Å². The van der Waals surface area contributed by atoms with Crippen LogP contribution in [0.25, 0.3) is 0 Å². The van der Waals surface area contributed by atoms with Crippen molar-refractivity contribution in [2.24, 2.45) is 11.8 Å². The van der Waals surface area contributed by atoms with E-state index in [1.54, 1.807) is 0 Å². The van der Waals surface area contributed by atoms with Gasteiger partial charge in [-0.25, -0.2) is 0 Å². The van der Waals surface area contributed by atoms with Crippen molar-refractivity contribution in [2.45, 2.75) is 76.2 Å². The highest BCUT2D eigenvalue weighted by Crippen LogP contribution is 2.44. The summed E-state index contributed by atoms with van der Waals surface area (Å²) < 4.78 is 5.86. The number of carbonyl (C=O) groups is 1. The van der Waals surface area contributed by atoms with Crippen LogP contribution in [0.4, 0.5) is 0 Å². The Morgan fingerprint density at radius 2 is 1.94 bits per heavy atom. The molecule has 4 rings (SSSR count). The Morgan fingerprint density at radius 3 is 2.44 bits per heavy atom. The van der Waals surface area contributed by atoms with Crippen molar-refractivity contribution in [1.29, 1.82) is 0 Å². The first kappa shape index (κ1) is 11.3. The number of hydrogen-bond acceptors (Lipinski definition) is 2. The molecule has 4 fully saturated rings. The number of nitrogens with zero attached hydrogens (tertiary/aromatic N) is 1. The average molecular weight is 249 g/mol. The normalized spacial score (nSPS) is 39.9. The Labute approximate surface area is 109 Å². The first-order valence-electron chi connectivity index (χ1n) is 7.71. The lowest BCUT2D eigenvalue weighted by molar-refractivity contribution is -0.140. The van der Waals surface area contributed by atoms with E-state index in [4.69, 9.17) is 4.74 Å². The monoisotopic (exact) mass is 249 g/mol. The van der Waals surface area contributed by atoms with Crippen molar-refractivity contribution in [1.82, 2.24) is 4.90 Å². The predicted molar refractivity (Wildman–Crippen MR) is 68.1 cm³/mol. The third-order valence-electron chi connectivity index (χ3n) is 5.36. The molecule has 3 heteroatoms. The minimum absolute atomic E-state index is 0.186. The highest BCUT2D eigenvalue weighted by Gasteiger charge is 2.50. The first-order chi connectivity index (χ1) is 8.74. The van der Waals surface area contributed by atoms with Crippen LogP contribution in [0, 0.1) is 11.8 Å². The van der Waals surface area contributed by atoms with Gasteiger partial charge in [0.25, 0.3) is 0 Å². The largest absolute Gasteiger partial charge is 0.374 e. The van der Waals surface area contributed by atoms with Gasteiger partial charge in [0.2, 0.25) is 5.91 Å². The molecule has 100 valence electrons. The van der Waals surface area contributed by atoms with Crippen molar-refractivity contribution in [2.75, 3.05) is 0 Å². The van der Waals surface area contributed by atoms with Gasteiger partial charge in [0.1, 0.15) is 0 Å². The van der Waals surface area contributed by atoms with Crippen LogP contribution in [0.5, 0.6) is 0 Å². The molecule has 0 unspecified atom stereocenters. The maximum Gasteiger partial charge on any atom is 0.228 e. The van der Waals surface area contributed by atoms with Crippen LogP contribution in [0.3, 0.4) is 0 Å². The van der Waals surface area contributed by atoms with Crippen molar-refractivity contribution in [3.63, 3.8) is 0 Å². The molecule has 2 saturated heterocycles. The second-order valence-electron chi connectivity index (χ2n) is 6.77. The van der Waals surface area contributed by atoms with Crippen LogP contribution in [-0.4, -0.2) is 35.1 Å². The lowest BCUT2D eigenvalue weighted by atomic mass is 9.87. The van der Waals surface area contributed by atoms with Gasteiger partial charge in [0.15, 0.2) is 0 Å². The van der Waals surface area contributed by atoms with Crippen LogP contribution >= 0.6 is 0 Å². The Kier molecular flexibility index (Phi) is 2.48. The SMILES string of the molecule is C[C@H](C1CC1)N(C(=O)[C@@H]1C[C@H]2CC[C@H]1O2)C1CC1. The highest BCUT2D eigenvalue weighted by molar-refractivity contribution is 5.81. The molecule has 1 amide bonds. The smallest absolute Gasteiger partial charge is 0.228 e. The van der Waals surface area contributed by atoms with Gasteiger partial charge in [0.05, 0.1) is 18.1 Å². The Morgan fingerprint density at radius 1 is 1.17 bits per heavy atom. The standard InChI is InChI=1S/C15H23NO2/c1-9(10-2-3-10)16(11-4-5-11)15(17)13-8-12-6-7-14(13)18-12/h9-14H,2-8H2,1H3/t9-,12-,13-,14-/m1/s1. The zero-order chi connectivity index (χ0) is 12.3. The second kappa shape index (κ2) is 3.96. The van der Waals surface area contributed by atoms with Crippen molar-refractivity contribution < 1.29 is 9.53 Å². The van der Waals surface area contributed by atoms with E-state index in [1.165, 1.54) is 32.1 Å². The Balaban J connectivity index is 1.50. The lowest BCUT2D eigenvalue weighted by Gasteiger charge is -2.33. The zero-order valence-corrected chi connectivity index (χ0v) is 11.2. The van der Waals surface area contributed by atoms with Crippen LogP contribution < -0.4 is 0 Å². The summed E-state index contributed by atoms with van der Waals surface area (Å²) in [6, 6.07) is 1.04. The summed E-state index contributed by atoms with van der Waals surface area (Å²) in [7, 11) is 0. The quantitative estimate of drug-likeness (QED) is 0.765. The van der Waals surface area contributed by atoms with Gasteiger partial charge in [-0.1, -0.05) is 0 Å². The minimum atomic E-state index is 0.186. The molecule has 2 bridgehead atoms. The number of amides is 1. The molecule has 4 aliphatic rings. The number of ether oxygens (including phenoxy) is 1. The predicted octanol–water partition coefficient (Wildman–Crippen LogP) is 2.34. The van der Waals surface area contributed by atoms with Gasteiger partial charge < -0.3 is 9.64 Å². The molecule has 3 nitrogen and oxygen atoms in total. The molecule has 0 aromatic carbocycles. The van der Waals surface area contributed by atoms with Crippen molar-refractivity contribution >= 4 is 5.91 Å². The van der Waals surface area contributed by atoms with Gasteiger partial charge in [-0.05, 0) is 57.8 Å². The van der Waals surface area contributed by atoms with Crippen molar-refractivity contribution in [3.8, 4) is 0 Å². The molecule has 2 aliphatic carbocycles. The molecule has 0 aromatic heterocycles. The van der Waals surface area contributed by atoms with E-state index in [-0.39, 0.29) is 12.0 Å². The summed E-state index contributed by atoms with van der Waals surface area (Å²) in [4.78, 5) is 15.1. The van der Waals surface area contributed by atoms with Crippen LogP contribution in [-0.2, 0) is 9.53 Å². The maximum atomic E-state index is 12.8. The average Bonchev–Trinajstić information content (AvgIpc) is 3.29. The number of fused-ring (bicyclic) bond motifs is 2. The number of rotatable bonds is 4. The number of carbonyl (C=O) groups excluding carboxylic acids is 1. The molecular formula is C15H23NO2. The second-order valence-corrected chi connectivity index (χ2v) is 6.77. The summed E-state index contributed by atoms with van der Waals surface area (Å²) in [5.41, 5.74) is 0.